The Bertz CT molecular complexity index is 327. The minimum absolute atomic E-state index is 0.0972. The molecule has 0 radical (unpaired) electrons. The van der Waals surface area contributed by atoms with E-state index in [9.17, 15) is 10.1 Å². The van der Waals surface area contributed by atoms with Crippen LogP contribution in [0, 0.1) is 16.0 Å². The van der Waals surface area contributed by atoms with Crippen molar-refractivity contribution in [2.24, 2.45) is 5.92 Å². The van der Waals surface area contributed by atoms with E-state index in [0.717, 1.165) is 12.8 Å². The van der Waals surface area contributed by atoms with Crippen molar-refractivity contribution >= 4 is 17.4 Å². The first-order valence-electron chi connectivity index (χ1n) is 4.87. The highest BCUT2D eigenvalue weighted by Crippen LogP contribution is 2.11. The predicted molar refractivity (Wildman–Crippen MR) is 58.0 cm³/mol. The van der Waals surface area contributed by atoms with Gasteiger partial charge in [-0.1, -0.05) is 6.92 Å². The summed E-state index contributed by atoms with van der Waals surface area (Å²) in [6.07, 6.45) is 3.53. The van der Waals surface area contributed by atoms with Crippen molar-refractivity contribution < 1.29 is 4.92 Å². The first kappa shape index (κ1) is 12.0. The standard InChI is InChI=1S/C9H14ClN3O2/c1-8(2-5-10)3-6-12-7-4-9(11-12)13(14)15/h4,7-8H,2-3,5-6H2,1H3. The molecule has 1 heterocycles. The molecule has 0 aliphatic carbocycles. The maximum Gasteiger partial charge on any atom is 0.389 e. The smallest absolute Gasteiger partial charge is 0.358 e. The van der Waals surface area contributed by atoms with Crippen LogP contribution < -0.4 is 0 Å². The van der Waals surface area contributed by atoms with Gasteiger partial charge in [0.2, 0.25) is 0 Å². The van der Waals surface area contributed by atoms with E-state index in [1.807, 2.05) is 0 Å². The third kappa shape index (κ3) is 3.87. The third-order valence-electron chi connectivity index (χ3n) is 2.27. The molecule has 6 heteroatoms. The summed E-state index contributed by atoms with van der Waals surface area (Å²) in [6, 6.07) is 1.41. The Hall–Kier alpha value is -1.10. The number of aryl methyl sites for hydroxylation is 1. The first-order chi connectivity index (χ1) is 7.13. The average molecular weight is 232 g/mol. The van der Waals surface area contributed by atoms with Gasteiger partial charge in [0.15, 0.2) is 0 Å². The molecule has 0 saturated heterocycles. The summed E-state index contributed by atoms with van der Waals surface area (Å²) in [5.41, 5.74) is 0. The highest BCUT2D eigenvalue weighted by atomic mass is 35.5. The first-order valence-corrected chi connectivity index (χ1v) is 5.40. The molecule has 84 valence electrons. The van der Waals surface area contributed by atoms with Gasteiger partial charge in [0.25, 0.3) is 0 Å². The van der Waals surface area contributed by atoms with E-state index in [2.05, 4.69) is 12.0 Å². The summed E-state index contributed by atoms with van der Waals surface area (Å²) >= 11 is 5.61. The van der Waals surface area contributed by atoms with Crippen LogP contribution in [0.3, 0.4) is 0 Å². The Labute approximate surface area is 93.2 Å². The van der Waals surface area contributed by atoms with Gasteiger partial charge >= 0.3 is 5.82 Å². The van der Waals surface area contributed by atoms with Crippen molar-refractivity contribution in [1.29, 1.82) is 0 Å². The molecule has 0 bridgehead atoms. The zero-order valence-electron chi connectivity index (χ0n) is 8.60. The fraction of sp³-hybridized carbons (Fsp3) is 0.667. The molecule has 1 atom stereocenters. The molecule has 0 fully saturated rings. The highest BCUT2D eigenvalue weighted by molar-refractivity contribution is 6.17. The molecule has 0 saturated carbocycles. The lowest BCUT2D eigenvalue weighted by atomic mass is 10.1. The molecule has 0 spiro atoms. The van der Waals surface area contributed by atoms with Gasteiger partial charge in [0.05, 0.1) is 23.9 Å². The number of aromatic nitrogens is 2. The number of alkyl halides is 1. The number of hydrogen-bond acceptors (Lipinski definition) is 3. The SMILES string of the molecule is CC(CCCl)CCn1ccc([N+](=O)[O-])n1. The van der Waals surface area contributed by atoms with Crippen molar-refractivity contribution in [2.45, 2.75) is 26.3 Å². The molecule has 0 N–H and O–H groups in total. The van der Waals surface area contributed by atoms with E-state index < -0.39 is 4.92 Å². The lowest BCUT2D eigenvalue weighted by Crippen LogP contribution is -2.05. The molecule has 0 aromatic carbocycles. The van der Waals surface area contributed by atoms with Gasteiger partial charge < -0.3 is 10.1 Å². The summed E-state index contributed by atoms with van der Waals surface area (Å²) in [7, 11) is 0. The Morgan fingerprint density at radius 3 is 2.93 bits per heavy atom. The zero-order valence-corrected chi connectivity index (χ0v) is 9.35. The van der Waals surface area contributed by atoms with Crippen LogP contribution in [0.4, 0.5) is 5.82 Å². The van der Waals surface area contributed by atoms with Crippen LogP contribution in [-0.2, 0) is 6.54 Å². The molecule has 0 aliphatic rings. The highest BCUT2D eigenvalue weighted by Gasteiger charge is 2.11. The Balaban J connectivity index is 2.40. The minimum atomic E-state index is -0.487. The Morgan fingerprint density at radius 1 is 1.67 bits per heavy atom. The van der Waals surface area contributed by atoms with Crippen LogP contribution in [0.25, 0.3) is 0 Å². The molecule has 1 aromatic heterocycles. The van der Waals surface area contributed by atoms with E-state index >= 15 is 0 Å². The molecule has 1 unspecified atom stereocenters. The average Bonchev–Trinajstić information content (AvgIpc) is 2.63. The molecule has 0 aliphatic heterocycles. The monoisotopic (exact) mass is 231 g/mol. The van der Waals surface area contributed by atoms with Crippen molar-refractivity contribution in [3.05, 3.63) is 22.4 Å². The van der Waals surface area contributed by atoms with Gasteiger partial charge in [-0.2, -0.15) is 4.68 Å². The predicted octanol–water partition coefficient (Wildman–Crippen LogP) is 2.45. The molecule has 1 rings (SSSR count). The number of halogens is 1. The summed E-state index contributed by atoms with van der Waals surface area (Å²) in [6.45, 7) is 2.81. The maximum atomic E-state index is 10.4. The van der Waals surface area contributed by atoms with Crippen molar-refractivity contribution in [3.63, 3.8) is 0 Å². The van der Waals surface area contributed by atoms with Crippen molar-refractivity contribution in [2.75, 3.05) is 5.88 Å². The zero-order chi connectivity index (χ0) is 11.3. The number of nitro groups is 1. The second-order valence-corrected chi connectivity index (χ2v) is 3.94. The van der Waals surface area contributed by atoms with Crippen LogP contribution in [0.2, 0.25) is 0 Å². The Kier molecular flexibility index (Phi) is 4.55. The second-order valence-electron chi connectivity index (χ2n) is 3.57. The molecule has 15 heavy (non-hydrogen) atoms. The molecule has 0 amide bonds. The summed E-state index contributed by atoms with van der Waals surface area (Å²) in [4.78, 5) is 9.88. The summed E-state index contributed by atoms with van der Waals surface area (Å²) in [5, 5.41) is 14.2. The normalized spacial score (nSPS) is 12.7. The quantitative estimate of drug-likeness (QED) is 0.429. The Morgan fingerprint density at radius 2 is 2.40 bits per heavy atom. The molecule has 5 nitrogen and oxygen atoms in total. The van der Waals surface area contributed by atoms with Crippen LogP contribution >= 0.6 is 11.6 Å². The van der Waals surface area contributed by atoms with Crippen LogP contribution in [-0.4, -0.2) is 20.6 Å². The van der Waals surface area contributed by atoms with E-state index in [1.165, 1.54) is 6.07 Å². The number of hydrogen-bond donors (Lipinski definition) is 0. The molecular weight excluding hydrogens is 218 g/mol. The fourth-order valence-corrected chi connectivity index (χ4v) is 1.63. The van der Waals surface area contributed by atoms with Crippen molar-refractivity contribution in [3.8, 4) is 0 Å². The summed E-state index contributed by atoms with van der Waals surface area (Å²) < 4.78 is 1.60. The van der Waals surface area contributed by atoms with Crippen LogP contribution in [0.15, 0.2) is 12.3 Å². The van der Waals surface area contributed by atoms with Gasteiger partial charge in [-0.3, -0.25) is 0 Å². The van der Waals surface area contributed by atoms with Gasteiger partial charge in [0, 0.05) is 5.88 Å². The van der Waals surface area contributed by atoms with E-state index in [0.29, 0.717) is 18.3 Å². The second kappa shape index (κ2) is 5.70. The van der Waals surface area contributed by atoms with Crippen molar-refractivity contribution in [1.82, 2.24) is 9.78 Å². The van der Waals surface area contributed by atoms with Crippen LogP contribution in [0.5, 0.6) is 0 Å². The van der Waals surface area contributed by atoms with Gasteiger partial charge in [0.1, 0.15) is 0 Å². The fourth-order valence-electron chi connectivity index (χ4n) is 1.26. The largest absolute Gasteiger partial charge is 0.389 e. The number of nitrogens with zero attached hydrogens (tertiary/aromatic N) is 3. The summed E-state index contributed by atoms with van der Waals surface area (Å²) in [5.74, 6) is 1.08. The third-order valence-corrected chi connectivity index (χ3v) is 2.48. The van der Waals surface area contributed by atoms with Gasteiger partial charge in [-0.25, -0.2) is 0 Å². The lowest BCUT2D eigenvalue weighted by Gasteiger charge is -2.06. The molecule has 1 aromatic rings. The van der Waals surface area contributed by atoms with Crippen LogP contribution in [0.1, 0.15) is 19.8 Å². The van der Waals surface area contributed by atoms with E-state index in [1.54, 1.807) is 10.9 Å². The molecular formula is C9H14ClN3O2. The lowest BCUT2D eigenvalue weighted by molar-refractivity contribution is -0.389. The topological polar surface area (TPSA) is 61.0 Å². The van der Waals surface area contributed by atoms with E-state index in [4.69, 9.17) is 11.6 Å². The maximum absolute atomic E-state index is 10.4. The number of rotatable bonds is 6. The minimum Gasteiger partial charge on any atom is -0.358 e. The van der Waals surface area contributed by atoms with E-state index in [-0.39, 0.29) is 5.82 Å². The van der Waals surface area contributed by atoms with Gasteiger partial charge in [-0.05, 0) is 23.7 Å². The van der Waals surface area contributed by atoms with Gasteiger partial charge in [-0.15, -0.1) is 11.6 Å².